The molecule has 0 saturated heterocycles. The zero-order valence-corrected chi connectivity index (χ0v) is 11.0. The van der Waals surface area contributed by atoms with Gasteiger partial charge in [-0.15, -0.1) is 0 Å². The highest BCUT2D eigenvalue weighted by Crippen LogP contribution is 2.23. The maximum Gasteiger partial charge on any atom is 0.238 e. The van der Waals surface area contributed by atoms with Crippen LogP contribution in [0.4, 0.5) is 5.69 Å². The summed E-state index contributed by atoms with van der Waals surface area (Å²) < 4.78 is 0. The number of hydrogen-bond donors (Lipinski definition) is 2. The van der Waals surface area contributed by atoms with Gasteiger partial charge in [0.05, 0.1) is 6.54 Å². The van der Waals surface area contributed by atoms with E-state index >= 15 is 0 Å². The van der Waals surface area contributed by atoms with Gasteiger partial charge in [0.25, 0.3) is 0 Å². The van der Waals surface area contributed by atoms with Gasteiger partial charge in [0.2, 0.25) is 5.91 Å². The normalized spacial score (nSPS) is 23.6. The van der Waals surface area contributed by atoms with Crippen LogP contribution in [-0.2, 0) is 4.79 Å². The lowest BCUT2D eigenvalue weighted by Crippen LogP contribution is -2.38. The third kappa shape index (κ3) is 4.15. The molecule has 1 aliphatic carbocycles. The first-order chi connectivity index (χ1) is 8.74. The first-order valence-corrected chi connectivity index (χ1v) is 6.82. The molecule has 0 heterocycles. The maximum absolute atomic E-state index is 11.8. The minimum Gasteiger partial charge on any atom is -0.325 e. The van der Waals surface area contributed by atoms with Gasteiger partial charge in [0.1, 0.15) is 0 Å². The highest BCUT2D eigenvalue weighted by molar-refractivity contribution is 5.92. The van der Waals surface area contributed by atoms with Crippen molar-refractivity contribution in [1.29, 1.82) is 0 Å². The van der Waals surface area contributed by atoms with E-state index < -0.39 is 0 Å². The second-order valence-electron chi connectivity index (χ2n) is 5.26. The van der Waals surface area contributed by atoms with E-state index in [0.29, 0.717) is 12.6 Å². The molecule has 0 bridgehead atoms. The van der Waals surface area contributed by atoms with Gasteiger partial charge in [-0.25, -0.2) is 0 Å². The minimum absolute atomic E-state index is 0.0411. The van der Waals surface area contributed by atoms with Crippen LogP contribution >= 0.6 is 0 Å². The van der Waals surface area contributed by atoms with Crippen molar-refractivity contribution in [2.24, 2.45) is 5.92 Å². The summed E-state index contributed by atoms with van der Waals surface area (Å²) in [6.45, 7) is 2.70. The third-order valence-electron chi connectivity index (χ3n) is 3.55. The molecule has 3 nitrogen and oxygen atoms in total. The summed E-state index contributed by atoms with van der Waals surface area (Å²) in [5.41, 5.74) is 0.862. The van der Waals surface area contributed by atoms with Crippen molar-refractivity contribution in [2.45, 2.75) is 38.6 Å². The summed E-state index contributed by atoms with van der Waals surface area (Å²) in [4.78, 5) is 11.8. The Morgan fingerprint density at radius 2 is 2.06 bits per heavy atom. The summed E-state index contributed by atoms with van der Waals surface area (Å²) in [6, 6.07) is 10.1. The van der Waals surface area contributed by atoms with Gasteiger partial charge in [-0.1, -0.05) is 38.0 Å². The van der Waals surface area contributed by atoms with Crippen molar-refractivity contribution >= 4 is 11.6 Å². The lowest BCUT2D eigenvalue weighted by atomic mass is 9.87. The van der Waals surface area contributed by atoms with Crippen LogP contribution in [0.25, 0.3) is 0 Å². The standard InChI is InChI=1S/C15H22N2O/c1-12-6-5-9-14(10-12)16-11-15(18)17-13-7-3-2-4-8-13/h2-4,7-8,12,14,16H,5-6,9-11H2,1H3,(H,17,18). The molecule has 1 amide bonds. The molecule has 2 rings (SSSR count). The molecule has 1 aromatic carbocycles. The van der Waals surface area contributed by atoms with Gasteiger partial charge >= 0.3 is 0 Å². The lowest BCUT2D eigenvalue weighted by molar-refractivity contribution is -0.115. The number of amides is 1. The molecule has 1 saturated carbocycles. The van der Waals surface area contributed by atoms with Crippen LogP contribution in [0.15, 0.2) is 30.3 Å². The SMILES string of the molecule is CC1CCCC(NCC(=O)Nc2ccccc2)C1. The van der Waals surface area contributed by atoms with Crippen molar-refractivity contribution in [1.82, 2.24) is 5.32 Å². The molecular formula is C15H22N2O. The van der Waals surface area contributed by atoms with Gasteiger partial charge in [-0.3, -0.25) is 4.79 Å². The van der Waals surface area contributed by atoms with Crippen LogP contribution in [-0.4, -0.2) is 18.5 Å². The minimum atomic E-state index is 0.0411. The largest absolute Gasteiger partial charge is 0.325 e. The highest BCUT2D eigenvalue weighted by Gasteiger charge is 2.18. The smallest absolute Gasteiger partial charge is 0.238 e. The average Bonchev–Trinajstić information content (AvgIpc) is 2.38. The number of nitrogens with one attached hydrogen (secondary N) is 2. The second kappa shape index (κ2) is 6.55. The van der Waals surface area contributed by atoms with Crippen LogP contribution in [0, 0.1) is 5.92 Å². The van der Waals surface area contributed by atoms with E-state index in [1.807, 2.05) is 30.3 Å². The first-order valence-electron chi connectivity index (χ1n) is 6.82. The molecule has 0 aromatic heterocycles. The Labute approximate surface area is 109 Å². The summed E-state index contributed by atoms with van der Waals surface area (Å²) in [6.07, 6.45) is 5.00. The fraction of sp³-hybridized carbons (Fsp3) is 0.533. The van der Waals surface area contributed by atoms with Crippen LogP contribution in [0.5, 0.6) is 0 Å². The second-order valence-corrected chi connectivity index (χ2v) is 5.26. The van der Waals surface area contributed by atoms with Crippen molar-refractivity contribution in [3.63, 3.8) is 0 Å². The molecule has 1 fully saturated rings. The Balaban J connectivity index is 1.71. The van der Waals surface area contributed by atoms with E-state index in [4.69, 9.17) is 0 Å². The molecule has 0 aliphatic heterocycles. The number of anilines is 1. The van der Waals surface area contributed by atoms with E-state index in [-0.39, 0.29) is 5.91 Å². The van der Waals surface area contributed by atoms with Crippen molar-refractivity contribution in [2.75, 3.05) is 11.9 Å². The van der Waals surface area contributed by atoms with E-state index in [9.17, 15) is 4.79 Å². The van der Waals surface area contributed by atoms with Crippen molar-refractivity contribution in [3.05, 3.63) is 30.3 Å². The Morgan fingerprint density at radius 3 is 2.78 bits per heavy atom. The first kappa shape index (κ1) is 13.1. The predicted octanol–water partition coefficient (Wildman–Crippen LogP) is 2.79. The number of rotatable bonds is 4. The van der Waals surface area contributed by atoms with E-state index in [1.165, 1.54) is 25.7 Å². The number of benzene rings is 1. The molecule has 18 heavy (non-hydrogen) atoms. The third-order valence-corrected chi connectivity index (χ3v) is 3.55. The monoisotopic (exact) mass is 246 g/mol. The number of hydrogen-bond acceptors (Lipinski definition) is 2. The molecule has 1 aliphatic rings. The molecule has 0 radical (unpaired) electrons. The summed E-state index contributed by atoms with van der Waals surface area (Å²) in [5.74, 6) is 0.827. The fourth-order valence-corrected chi connectivity index (χ4v) is 2.58. The number of carbonyl (C=O) groups is 1. The molecular weight excluding hydrogens is 224 g/mol. The average molecular weight is 246 g/mol. The van der Waals surface area contributed by atoms with Crippen LogP contribution in [0.2, 0.25) is 0 Å². The topological polar surface area (TPSA) is 41.1 Å². The highest BCUT2D eigenvalue weighted by atomic mass is 16.1. The van der Waals surface area contributed by atoms with Crippen LogP contribution < -0.4 is 10.6 Å². The summed E-state index contributed by atoms with van der Waals surface area (Å²) in [5, 5.41) is 6.25. The summed E-state index contributed by atoms with van der Waals surface area (Å²) >= 11 is 0. The Morgan fingerprint density at radius 1 is 1.28 bits per heavy atom. The van der Waals surface area contributed by atoms with E-state index in [0.717, 1.165) is 11.6 Å². The number of para-hydroxylation sites is 1. The van der Waals surface area contributed by atoms with Crippen LogP contribution in [0.3, 0.4) is 0 Å². The Kier molecular flexibility index (Phi) is 4.76. The van der Waals surface area contributed by atoms with E-state index in [1.54, 1.807) is 0 Å². The van der Waals surface area contributed by atoms with Gasteiger partial charge < -0.3 is 10.6 Å². The van der Waals surface area contributed by atoms with Gasteiger partial charge in [0.15, 0.2) is 0 Å². The predicted molar refractivity (Wildman–Crippen MR) is 74.5 cm³/mol. The maximum atomic E-state index is 11.8. The Bertz CT molecular complexity index is 377. The number of carbonyl (C=O) groups excluding carboxylic acids is 1. The van der Waals surface area contributed by atoms with Gasteiger partial charge in [0, 0.05) is 11.7 Å². The molecule has 2 unspecified atom stereocenters. The molecule has 1 aromatic rings. The molecule has 2 N–H and O–H groups in total. The van der Waals surface area contributed by atoms with Crippen molar-refractivity contribution < 1.29 is 4.79 Å². The van der Waals surface area contributed by atoms with Crippen molar-refractivity contribution in [3.8, 4) is 0 Å². The van der Waals surface area contributed by atoms with E-state index in [2.05, 4.69) is 17.6 Å². The fourth-order valence-electron chi connectivity index (χ4n) is 2.58. The summed E-state index contributed by atoms with van der Waals surface area (Å²) in [7, 11) is 0. The van der Waals surface area contributed by atoms with Crippen LogP contribution in [0.1, 0.15) is 32.6 Å². The van der Waals surface area contributed by atoms with Gasteiger partial charge in [-0.05, 0) is 30.9 Å². The molecule has 2 atom stereocenters. The molecule has 98 valence electrons. The quantitative estimate of drug-likeness (QED) is 0.857. The Hall–Kier alpha value is -1.35. The lowest BCUT2D eigenvalue weighted by Gasteiger charge is -2.27. The molecule has 0 spiro atoms. The zero-order chi connectivity index (χ0) is 12.8. The molecule has 3 heteroatoms. The zero-order valence-electron chi connectivity index (χ0n) is 11.0. The van der Waals surface area contributed by atoms with Gasteiger partial charge in [-0.2, -0.15) is 0 Å².